The maximum Gasteiger partial charge on any atom is 0.171 e. The minimum Gasteiger partial charge on any atom is -0.359 e. The first-order chi connectivity index (χ1) is 6.97. The summed E-state index contributed by atoms with van der Waals surface area (Å²) in [6, 6.07) is 0. The van der Waals surface area contributed by atoms with Crippen molar-refractivity contribution in [1.29, 1.82) is 0 Å². The Kier molecular flexibility index (Phi) is 4.51. The van der Waals surface area contributed by atoms with Gasteiger partial charge in [0.1, 0.15) is 0 Å². The smallest absolute Gasteiger partial charge is 0.171 e. The minimum absolute atomic E-state index is 0.00120. The summed E-state index contributed by atoms with van der Waals surface area (Å²) < 4.78 is 2.31. The van der Waals surface area contributed by atoms with E-state index in [4.69, 9.17) is 0 Å². The SMILES string of the molecule is CSC1=NC(C)=C(C)C(=O)C1CN([SiH3])[SiH3]. The summed E-state index contributed by atoms with van der Waals surface area (Å²) >= 11 is 1.60. The van der Waals surface area contributed by atoms with Crippen LogP contribution in [0.5, 0.6) is 0 Å². The van der Waals surface area contributed by atoms with Gasteiger partial charge < -0.3 is 4.23 Å². The number of thioether (sulfide) groups is 1. The number of hydrogen-bond donors (Lipinski definition) is 0. The monoisotopic (exact) mass is 258 g/mol. The molecule has 0 aromatic carbocycles. The van der Waals surface area contributed by atoms with Gasteiger partial charge in [0.25, 0.3) is 0 Å². The highest BCUT2D eigenvalue weighted by molar-refractivity contribution is 8.13. The van der Waals surface area contributed by atoms with Crippen LogP contribution in [0.15, 0.2) is 16.3 Å². The van der Waals surface area contributed by atoms with Crippen molar-refractivity contribution in [3.8, 4) is 0 Å². The molecule has 1 aliphatic rings. The van der Waals surface area contributed by atoms with E-state index >= 15 is 0 Å². The third-order valence-corrected chi connectivity index (χ3v) is 4.09. The van der Waals surface area contributed by atoms with Gasteiger partial charge in [-0.1, -0.05) is 0 Å². The van der Waals surface area contributed by atoms with Gasteiger partial charge in [-0.25, -0.2) is 0 Å². The maximum absolute atomic E-state index is 12.1. The lowest BCUT2D eigenvalue weighted by atomic mass is 9.96. The van der Waals surface area contributed by atoms with Crippen LogP contribution in [-0.4, -0.2) is 48.7 Å². The highest BCUT2D eigenvalue weighted by Gasteiger charge is 2.29. The number of rotatable bonds is 2. The molecule has 0 radical (unpaired) electrons. The molecule has 3 nitrogen and oxygen atoms in total. The summed E-state index contributed by atoms with van der Waals surface area (Å²) in [5.41, 5.74) is 1.72. The molecule has 1 atom stereocenters. The molecule has 0 saturated heterocycles. The number of Topliss-reactive ketones (excluding diaryl/α,β-unsaturated/α-hetero) is 1. The van der Waals surface area contributed by atoms with Crippen LogP contribution in [0.1, 0.15) is 13.8 Å². The van der Waals surface area contributed by atoms with Crippen LogP contribution in [0.4, 0.5) is 0 Å². The molecule has 0 aliphatic carbocycles. The zero-order valence-electron chi connectivity index (χ0n) is 10.00. The molecule has 1 rings (SSSR count). The van der Waals surface area contributed by atoms with Crippen molar-refractivity contribution in [2.45, 2.75) is 13.8 Å². The van der Waals surface area contributed by atoms with Gasteiger partial charge in [-0.2, -0.15) is 0 Å². The lowest BCUT2D eigenvalue weighted by Gasteiger charge is -2.25. The summed E-state index contributed by atoms with van der Waals surface area (Å²) in [4.78, 5) is 16.6. The van der Waals surface area contributed by atoms with E-state index in [9.17, 15) is 4.79 Å². The van der Waals surface area contributed by atoms with Crippen molar-refractivity contribution >= 4 is 43.4 Å². The second-order valence-corrected chi connectivity index (χ2v) is 9.71. The van der Waals surface area contributed by atoms with Crippen molar-refractivity contribution in [2.24, 2.45) is 10.9 Å². The first kappa shape index (κ1) is 12.9. The van der Waals surface area contributed by atoms with Gasteiger partial charge in [-0.05, 0) is 20.1 Å². The molecule has 0 amide bonds. The molecule has 0 spiro atoms. The number of allylic oxidation sites excluding steroid dienone is 2. The molecular weight excluding hydrogens is 240 g/mol. The molecule has 0 fully saturated rings. The Labute approximate surface area is 101 Å². The summed E-state index contributed by atoms with van der Waals surface area (Å²) in [5.74, 6) is 0.266. The van der Waals surface area contributed by atoms with Crippen LogP contribution < -0.4 is 0 Å². The standard InChI is InChI=1S/C9H18N2OSSi2/c1-5-6(2)10-9(13-3)7(8(5)12)4-11(14)15/h7H,4H2,1-3,14-15H3. The topological polar surface area (TPSA) is 32.7 Å². The highest BCUT2D eigenvalue weighted by atomic mass is 32.2. The first-order valence-electron chi connectivity index (χ1n) is 4.96. The number of nitrogens with zero attached hydrogens (tertiary/aromatic N) is 2. The Balaban J connectivity index is 2.99. The molecule has 84 valence electrons. The first-order valence-corrected chi connectivity index (χ1v) is 7.97. The Morgan fingerprint density at radius 1 is 1.47 bits per heavy atom. The predicted octanol–water partition coefficient (Wildman–Crippen LogP) is -0.897. The quantitative estimate of drug-likeness (QED) is 0.602. The van der Waals surface area contributed by atoms with E-state index in [2.05, 4.69) is 9.22 Å². The van der Waals surface area contributed by atoms with E-state index in [0.717, 1.165) is 43.7 Å². The lowest BCUT2D eigenvalue weighted by molar-refractivity contribution is -0.117. The molecule has 15 heavy (non-hydrogen) atoms. The molecule has 0 aromatic heterocycles. The average molecular weight is 258 g/mol. The summed E-state index contributed by atoms with van der Waals surface area (Å²) in [6.45, 7) is 4.66. The Morgan fingerprint density at radius 2 is 2.07 bits per heavy atom. The lowest BCUT2D eigenvalue weighted by Crippen LogP contribution is -2.36. The Hall–Kier alpha value is -0.176. The van der Waals surface area contributed by atoms with Crippen molar-refractivity contribution < 1.29 is 4.79 Å². The largest absolute Gasteiger partial charge is 0.359 e. The Bertz CT molecular complexity index is 339. The second kappa shape index (κ2) is 5.24. The van der Waals surface area contributed by atoms with Crippen LogP contribution in [-0.2, 0) is 4.79 Å². The van der Waals surface area contributed by atoms with Crippen LogP contribution in [0, 0.1) is 5.92 Å². The van der Waals surface area contributed by atoms with Crippen molar-refractivity contribution in [3.63, 3.8) is 0 Å². The summed E-state index contributed by atoms with van der Waals surface area (Å²) in [5, 5.41) is 0.986. The van der Waals surface area contributed by atoms with Crippen LogP contribution in [0.3, 0.4) is 0 Å². The minimum atomic E-state index is -0.00120. The predicted molar refractivity (Wildman–Crippen MR) is 74.4 cm³/mol. The van der Waals surface area contributed by atoms with Crippen molar-refractivity contribution in [1.82, 2.24) is 4.23 Å². The summed E-state index contributed by atoms with van der Waals surface area (Å²) in [7, 11) is 2.08. The molecule has 0 saturated carbocycles. The molecule has 1 unspecified atom stereocenters. The van der Waals surface area contributed by atoms with Gasteiger partial charge in [0.2, 0.25) is 0 Å². The molecule has 1 aliphatic heterocycles. The van der Waals surface area contributed by atoms with Gasteiger partial charge in [0.15, 0.2) is 5.78 Å². The van der Waals surface area contributed by atoms with Gasteiger partial charge in [-0.3, -0.25) is 9.79 Å². The van der Waals surface area contributed by atoms with Crippen LogP contribution in [0.25, 0.3) is 0 Å². The fourth-order valence-corrected chi connectivity index (χ4v) is 3.02. The van der Waals surface area contributed by atoms with Crippen molar-refractivity contribution in [3.05, 3.63) is 11.3 Å². The van der Waals surface area contributed by atoms with E-state index in [0.29, 0.717) is 0 Å². The van der Waals surface area contributed by atoms with Crippen LogP contribution in [0.2, 0.25) is 0 Å². The van der Waals surface area contributed by atoms with Gasteiger partial charge in [0, 0.05) is 17.8 Å². The van der Waals surface area contributed by atoms with E-state index in [1.165, 1.54) is 0 Å². The van der Waals surface area contributed by atoms with Crippen molar-refractivity contribution in [2.75, 3.05) is 12.8 Å². The van der Waals surface area contributed by atoms with E-state index < -0.39 is 0 Å². The molecule has 6 heteroatoms. The van der Waals surface area contributed by atoms with E-state index in [1.54, 1.807) is 11.8 Å². The molecule has 0 aromatic rings. The molecular formula is C9H18N2OSSi2. The van der Waals surface area contributed by atoms with Gasteiger partial charge in [0.05, 0.1) is 31.8 Å². The number of ketones is 1. The van der Waals surface area contributed by atoms with E-state index in [1.807, 2.05) is 20.1 Å². The van der Waals surface area contributed by atoms with Crippen LogP contribution >= 0.6 is 11.8 Å². The zero-order valence-corrected chi connectivity index (χ0v) is 14.8. The van der Waals surface area contributed by atoms with Gasteiger partial charge in [-0.15, -0.1) is 11.8 Å². The number of carbonyl (C=O) groups is 1. The number of carbonyl (C=O) groups excluding carboxylic acids is 1. The Morgan fingerprint density at radius 3 is 2.53 bits per heavy atom. The second-order valence-electron chi connectivity index (χ2n) is 4.04. The number of aliphatic imine (C=N–C) groups is 1. The van der Waals surface area contributed by atoms with Gasteiger partial charge >= 0.3 is 0 Å². The fraction of sp³-hybridized carbons (Fsp3) is 0.556. The van der Waals surface area contributed by atoms with E-state index in [-0.39, 0.29) is 11.7 Å². The molecule has 1 heterocycles. The maximum atomic E-state index is 12.1. The normalized spacial score (nSPS) is 22.8. The third kappa shape index (κ3) is 2.90. The molecule has 0 N–H and O–H groups in total. The zero-order chi connectivity index (χ0) is 11.6. The number of hydrogen-bond acceptors (Lipinski definition) is 4. The average Bonchev–Trinajstić information content (AvgIpc) is 2.18. The fourth-order valence-electron chi connectivity index (χ4n) is 1.59. The highest BCUT2D eigenvalue weighted by Crippen LogP contribution is 2.25. The third-order valence-electron chi connectivity index (χ3n) is 2.56. The molecule has 0 bridgehead atoms. The summed E-state index contributed by atoms with van der Waals surface area (Å²) in [6.07, 6.45) is 2.00.